The summed E-state index contributed by atoms with van der Waals surface area (Å²) in [5, 5.41) is 4.42. The van der Waals surface area contributed by atoms with Gasteiger partial charge in [0.2, 0.25) is 6.10 Å². The van der Waals surface area contributed by atoms with Crippen molar-refractivity contribution in [1.29, 1.82) is 0 Å². The van der Waals surface area contributed by atoms with Crippen molar-refractivity contribution >= 4 is 22.4 Å². The fraction of sp³-hybridized carbons (Fsp3) is 0.111. The Morgan fingerprint density at radius 2 is 2.00 bits per heavy atom. The number of amides is 1. The quantitative estimate of drug-likeness (QED) is 0.756. The molecule has 8 heteroatoms. The normalized spacial score (nSPS) is 15.5. The summed E-state index contributed by atoms with van der Waals surface area (Å²) in [4.78, 5) is 16.5. The van der Waals surface area contributed by atoms with Gasteiger partial charge in [0.15, 0.2) is 16.6 Å². The minimum atomic E-state index is -0.830. The van der Waals surface area contributed by atoms with E-state index in [1.54, 1.807) is 23.6 Å². The summed E-state index contributed by atoms with van der Waals surface area (Å²) in [6, 6.07) is 10.2. The predicted molar refractivity (Wildman–Crippen MR) is 92.4 cm³/mol. The Kier molecular flexibility index (Phi) is 4.26. The highest BCUT2D eigenvalue weighted by atomic mass is 32.1. The van der Waals surface area contributed by atoms with Crippen LogP contribution in [0.4, 0.5) is 13.9 Å². The van der Waals surface area contributed by atoms with E-state index in [9.17, 15) is 13.6 Å². The van der Waals surface area contributed by atoms with Gasteiger partial charge in [-0.3, -0.25) is 10.1 Å². The van der Waals surface area contributed by atoms with Crippen molar-refractivity contribution in [2.24, 2.45) is 0 Å². The van der Waals surface area contributed by atoms with Gasteiger partial charge in [0.05, 0.1) is 5.69 Å². The number of carbonyl (C=O) groups is 1. The summed E-state index contributed by atoms with van der Waals surface area (Å²) in [6.45, 7) is 0.0691. The molecule has 1 N–H and O–H groups in total. The molecule has 2 heterocycles. The third kappa shape index (κ3) is 3.23. The minimum Gasteiger partial charge on any atom is -0.485 e. The number of hydrogen-bond acceptors (Lipinski definition) is 5. The van der Waals surface area contributed by atoms with Gasteiger partial charge < -0.3 is 9.47 Å². The monoisotopic (exact) mass is 374 g/mol. The molecular weight excluding hydrogens is 362 g/mol. The van der Waals surface area contributed by atoms with Crippen LogP contribution >= 0.6 is 11.3 Å². The SMILES string of the molecule is O=C(Nc1nc(-c2cc(F)ccc2F)cs1)[C@@H]1COc2ccccc2O1. The molecule has 0 radical (unpaired) electrons. The average molecular weight is 374 g/mol. The molecule has 5 nitrogen and oxygen atoms in total. The number of rotatable bonds is 3. The van der Waals surface area contributed by atoms with Gasteiger partial charge in [-0.1, -0.05) is 12.1 Å². The summed E-state index contributed by atoms with van der Waals surface area (Å²) < 4.78 is 38.3. The molecule has 0 aliphatic carbocycles. The third-order valence-electron chi connectivity index (χ3n) is 3.74. The van der Waals surface area contributed by atoms with Crippen LogP contribution in [-0.4, -0.2) is 23.6 Å². The number of nitrogens with zero attached hydrogens (tertiary/aromatic N) is 1. The van der Waals surface area contributed by atoms with Crippen molar-refractivity contribution in [1.82, 2.24) is 4.98 Å². The second-order valence-electron chi connectivity index (χ2n) is 5.52. The van der Waals surface area contributed by atoms with E-state index >= 15 is 0 Å². The Morgan fingerprint density at radius 3 is 2.85 bits per heavy atom. The molecule has 1 aliphatic heterocycles. The first-order chi connectivity index (χ1) is 12.6. The molecule has 0 fully saturated rings. The highest BCUT2D eigenvalue weighted by molar-refractivity contribution is 7.14. The number of aromatic nitrogens is 1. The molecule has 2 aromatic carbocycles. The lowest BCUT2D eigenvalue weighted by atomic mass is 10.1. The number of fused-ring (bicyclic) bond motifs is 1. The van der Waals surface area contributed by atoms with Crippen LogP contribution < -0.4 is 14.8 Å². The molecule has 4 rings (SSSR count). The van der Waals surface area contributed by atoms with E-state index in [0.717, 1.165) is 29.5 Å². The van der Waals surface area contributed by atoms with Crippen molar-refractivity contribution in [2.45, 2.75) is 6.10 Å². The fourth-order valence-corrected chi connectivity index (χ4v) is 3.20. The molecule has 0 unspecified atom stereocenters. The second kappa shape index (κ2) is 6.72. The highest BCUT2D eigenvalue weighted by Gasteiger charge is 2.28. The first-order valence-corrected chi connectivity index (χ1v) is 8.58. The molecule has 0 bridgehead atoms. The fourth-order valence-electron chi connectivity index (χ4n) is 2.48. The summed E-state index contributed by atoms with van der Waals surface area (Å²) in [5.41, 5.74) is 0.279. The van der Waals surface area contributed by atoms with Gasteiger partial charge in [0, 0.05) is 10.9 Å². The lowest BCUT2D eigenvalue weighted by Gasteiger charge is -2.25. The number of hydrogen-bond donors (Lipinski definition) is 1. The Balaban J connectivity index is 1.48. The molecule has 1 atom stereocenters. The Bertz CT molecular complexity index is 977. The van der Waals surface area contributed by atoms with Crippen LogP contribution in [0.25, 0.3) is 11.3 Å². The van der Waals surface area contributed by atoms with Crippen molar-refractivity contribution in [3.63, 3.8) is 0 Å². The number of ether oxygens (including phenoxy) is 2. The van der Waals surface area contributed by atoms with Crippen LogP contribution in [0.5, 0.6) is 11.5 Å². The lowest BCUT2D eigenvalue weighted by molar-refractivity contribution is -0.125. The predicted octanol–water partition coefficient (Wildman–Crippen LogP) is 3.87. The zero-order valence-corrected chi connectivity index (χ0v) is 14.1. The molecule has 0 spiro atoms. The van der Waals surface area contributed by atoms with Crippen molar-refractivity contribution < 1.29 is 23.0 Å². The van der Waals surface area contributed by atoms with Crippen LogP contribution in [0.1, 0.15) is 0 Å². The van der Waals surface area contributed by atoms with Crippen LogP contribution in [0, 0.1) is 11.6 Å². The smallest absolute Gasteiger partial charge is 0.270 e. The van der Waals surface area contributed by atoms with Crippen LogP contribution in [0.15, 0.2) is 47.8 Å². The standard InChI is InChI=1S/C18H12F2N2O3S/c19-10-5-6-12(20)11(7-10)13-9-26-18(21-13)22-17(23)16-8-24-14-3-1-2-4-15(14)25-16/h1-7,9,16H,8H2,(H,21,22,23)/t16-/m0/s1. The van der Waals surface area contributed by atoms with Crippen molar-refractivity contribution in [3.8, 4) is 22.8 Å². The van der Waals surface area contributed by atoms with Gasteiger partial charge in [-0.15, -0.1) is 11.3 Å². The molecule has 0 saturated carbocycles. The average Bonchev–Trinajstić information content (AvgIpc) is 3.11. The lowest BCUT2D eigenvalue weighted by Crippen LogP contribution is -2.40. The molecule has 26 heavy (non-hydrogen) atoms. The number of thiazole rings is 1. The van der Waals surface area contributed by atoms with Crippen molar-refractivity contribution in [2.75, 3.05) is 11.9 Å². The topological polar surface area (TPSA) is 60.5 Å². The van der Waals surface area contributed by atoms with E-state index in [0.29, 0.717) is 11.5 Å². The van der Waals surface area contributed by atoms with Crippen LogP contribution in [0.2, 0.25) is 0 Å². The van der Waals surface area contributed by atoms with Crippen LogP contribution in [0.3, 0.4) is 0 Å². The maximum Gasteiger partial charge on any atom is 0.270 e. The molecule has 1 aromatic heterocycles. The second-order valence-corrected chi connectivity index (χ2v) is 6.37. The summed E-state index contributed by atoms with van der Waals surface area (Å²) in [5.74, 6) is -0.517. The van der Waals surface area contributed by atoms with E-state index in [2.05, 4.69) is 10.3 Å². The van der Waals surface area contributed by atoms with Gasteiger partial charge in [0.25, 0.3) is 5.91 Å². The number of benzene rings is 2. The minimum absolute atomic E-state index is 0.0351. The largest absolute Gasteiger partial charge is 0.485 e. The Hall–Kier alpha value is -3.00. The number of para-hydroxylation sites is 2. The first kappa shape index (κ1) is 16.5. The molecule has 1 amide bonds. The maximum absolute atomic E-state index is 13.8. The van der Waals surface area contributed by atoms with Crippen LogP contribution in [-0.2, 0) is 4.79 Å². The number of nitrogens with one attached hydrogen (secondary N) is 1. The first-order valence-electron chi connectivity index (χ1n) is 7.70. The van der Waals surface area contributed by atoms with E-state index in [1.807, 2.05) is 6.07 Å². The third-order valence-corrected chi connectivity index (χ3v) is 4.50. The summed E-state index contributed by atoms with van der Waals surface area (Å²) in [7, 11) is 0. The van der Waals surface area contributed by atoms with E-state index in [4.69, 9.17) is 9.47 Å². The Labute approximate surface area is 151 Å². The summed E-state index contributed by atoms with van der Waals surface area (Å²) >= 11 is 1.11. The Morgan fingerprint density at radius 1 is 1.19 bits per heavy atom. The van der Waals surface area contributed by atoms with Gasteiger partial charge in [-0.2, -0.15) is 0 Å². The van der Waals surface area contributed by atoms with Gasteiger partial charge in [0.1, 0.15) is 18.2 Å². The maximum atomic E-state index is 13.8. The number of halogens is 2. The zero-order chi connectivity index (χ0) is 18.1. The van der Waals surface area contributed by atoms with Gasteiger partial charge in [-0.05, 0) is 30.3 Å². The molecule has 3 aromatic rings. The number of carbonyl (C=O) groups excluding carboxylic acids is 1. The van der Waals surface area contributed by atoms with Gasteiger partial charge >= 0.3 is 0 Å². The molecular formula is C18H12F2N2O3S. The summed E-state index contributed by atoms with van der Waals surface area (Å²) in [6.07, 6.45) is -0.830. The van der Waals surface area contributed by atoms with E-state index in [-0.39, 0.29) is 23.0 Å². The molecule has 0 saturated heterocycles. The highest BCUT2D eigenvalue weighted by Crippen LogP contribution is 2.32. The van der Waals surface area contributed by atoms with Crippen molar-refractivity contribution in [3.05, 3.63) is 59.5 Å². The zero-order valence-electron chi connectivity index (χ0n) is 13.2. The molecule has 1 aliphatic rings. The number of anilines is 1. The molecule has 132 valence electrons. The van der Waals surface area contributed by atoms with E-state index < -0.39 is 23.6 Å². The van der Waals surface area contributed by atoms with E-state index in [1.165, 1.54) is 0 Å². The van der Waals surface area contributed by atoms with Gasteiger partial charge in [-0.25, -0.2) is 13.8 Å².